The second kappa shape index (κ2) is 21.1. The zero-order valence-corrected chi connectivity index (χ0v) is 31.0. The maximum absolute atomic E-state index is 13.2. The number of carbonyl (C=O) groups excluding carboxylic acids is 2. The summed E-state index contributed by atoms with van der Waals surface area (Å²) in [6, 6.07) is 15.7. The molecule has 1 saturated carbocycles. The predicted octanol–water partition coefficient (Wildman–Crippen LogP) is 11.7. The van der Waals surface area contributed by atoms with Gasteiger partial charge in [0.15, 0.2) is 0 Å². The topological polar surface area (TPSA) is 76.7 Å². The number of aryl methyl sites for hydroxylation is 2. The molecule has 0 bridgehead atoms. The zero-order chi connectivity index (χ0) is 34.7. The van der Waals surface area contributed by atoms with E-state index in [0.29, 0.717) is 18.0 Å². The van der Waals surface area contributed by atoms with Crippen LogP contribution in [0.2, 0.25) is 0 Å². The SMILES string of the molecule is CCCCCCCCCc1ccccc1OC(=O)NCC1(C)CC(NC(=O)Oc2ccccc2CCCCCCCCC)CC(C)(C)C1. The number of amides is 2. The Morgan fingerprint density at radius 1 is 0.646 bits per heavy atom. The van der Waals surface area contributed by atoms with Crippen LogP contribution in [0.5, 0.6) is 11.5 Å². The van der Waals surface area contributed by atoms with Crippen molar-refractivity contribution in [2.24, 2.45) is 10.8 Å². The quantitative estimate of drug-likeness (QED) is 0.130. The van der Waals surface area contributed by atoms with Crippen LogP contribution in [0.15, 0.2) is 48.5 Å². The molecule has 0 aliphatic heterocycles. The van der Waals surface area contributed by atoms with Crippen molar-refractivity contribution in [3.05, 3.63) is 59.7 Å². The van der Waals surface area contributed by atoms with E-state index in [9.17, 15) is 9.59 Å². The molecule has 48 heavy (non-hydrogen) atoms. The molecule has 0 radical (unpaired) electrons. The number of nitrogens with one attached hydrogen (secondary N) is 2. The van der Waals surface area contributed by atoms with Gasteiger partial charge in [-0.2, -0.15) is 0 Å². The van der Waals surface area contributed by atoms with Gasteiger partial charge in [-0.25, -0.2) is 9.59 Å². The van der Waals surface area contributed by atoms with Crippen molar-refractivity contribution in [3.8, 4) is 11.5 Å². The number of carbonyl (C=O) groups is 2. The lowest BCUT2D eigenvalue weighted by molar-refractivity contribution is 0.0701. The van der Waals surface area contributed by atoms with Gasteiger partial charge < -0.3 is 20.1 Å². The molecular formula is C42H66N2O4. The summed E-state index contributed by atoms with van der Waals surface area (Å²) >= 11 is 0. The van der Waals surface area contributed by atoms with E-state index >= 15 is 0 Å². The highest BCUT2D eigenvalue weighted by atomic mass is 16.6. The second-order valence-electron chi connectivity index (χ2n) is 15.5. The van der Waals surface area contributed by atoms with E-state index in [0.717, 1.165) is 56.1 Å². The predicted molar refractivity (Wildman–Crippen MR) is 199 cm³/mol. The normalized spacial score (nSPS) is 18.6. The van der Waals surface area contributed by atoms with Gasteiger partial charge in [0, 0.05) is 12.6 Å². The maximum Gasteiger partial charge on any atom is 0.412 e. The van der Waals surface area contributed by atoms with E-state index in [4.69, 9.17) is 9.47 Å². The number of ether oxygens (including phenoxy) is 2. The molecule has 0 aromatic heterocycles. The summed E-state index contributed by atoms with van der Waals surface area (Å²) in [5, 5.41) is 6.23. The first-order valence-electron chi connectivity index (χ1n) is 19.2. The second-order valence-corrected chi connectivity index (χ2v) is 15.5. The molecule has 2 amide bonds. The third kappa shape index (κ3) is 15.0. The van der Waals surface area contributed by atoms with Gasteiger partial charge in [-0.1, -0.05) is 148 Å². The highest BCUT2D eigenvalue weighted by molar-refractivity contribution is 5.71. The molecule has 6 nitrogen and oxygen atoms in total. The number of benzene rings is 2. The molecule has 2 atom stereocenters. The number of hydrogen-bond donors (Lipinski definition) is 2. The van der Waals surface area contributed by atoms with E-state index in [1.54, 1.807) is 0 Å². The smallest absolute Gasteiger partial charge is 0.410 e. The van der Waals surface area contributed by atoms with Gasteiger partial charge in [0.2, 0.25) is 0 Å². The highest BCUT2D eigenvalue weighted by Gasteiger charge is 2.42. The summed E-state index contributed by atoms with van der Waals surface area (Å²) in [6.07, 6.45) is 21.1. The van der Waals surface area contributed by atoms with E-state index in [-0.39, 0.29) is 16.9 Å². The van der Waals surface area contributed by atoms with Crippen LogP contribution in [0.3, 0.4) is 0 Å². The van der Waals surface area contributed by atoms with Crippen LogP contribution in [0.25, 0.3) is 0 Å². The Kier molecular flexibility index (Phi) is 17.4. The Balaban J connectivity index is 1.48. The number of hydrogen-bond acceptors (Lipinski definition) is 4. The third-order valence-corrected chi connectivity index (χ3v) is 9.87. The Morgan fingerprint density at radius 2 is 1.10 bits per heavy atom. The van der Waals surface area contributed by atoms with Crippen LogP contribution in [0.1, 0.15) is 155 Å². The van der Waals surface area contributed by atoms with Crippen molar-refractivity contribution in [1.29, 1.82) is 0 Å². The molecule has 0 heterocycles. The summed E-state index contributed by atoms with van der Waals surface area (Å²) < 4.78 is 11.7. The highest BCUT2D eigenvalue weighted by Crippen LogP contribution is 2.46. The fourth-order valence-electron chi connectivity index (χ4n) is 7.75. The molecule has 2 N–H and O–H groups in total. The molecule has 3 rings (SSSR count). The van der Waals surface area contributed by atoms with Gasteiger partial charge in [-0.15, -0.1) is 0 Å². The minimum Gasteiger partial charge on any atom is -0.410 e. The van der Waals surface area contributed by atoms with Crippen molar-refractivity contribution in [2.75, 3.05) is 6.54 Å². The van der Waals surface area contributed by atoms with E-state index in [2.05, 4.69) is 57.4 Å². The van der Waals surface area contributed by atoms with Gasteiger partial charge in [-0.05, 0) is 79.0 Å². The first kappa shape index (κ1) is 39.4. The molecule has 6 heteroatoms. The molecule has 1 aliphatic carbocycles. The fraction of sp³-hybridized carbons (Fsp3) is 0.667. The van der Waals surface area contributed by atoms with Gasteiger partial charge in [0.05, 0.1) is 0 Å². The number of rotatable bonds is 21. The Labute approximate surface area is 292 Å². The summed E-state index contributed by atoms with van der Waals surface area (Å²) in [4.78, 5) is 26.2. The van der Waals surface area contributed by atoms with E-state index < -0.39 is 12.2 Å². The van der Waals surface area contributed by atoms with Crippen molar-refractivity contribution >= 4 is 12.2 Å². The maximum atomic E-state index is 13.2. The van der Waals surface area contributed by atoms with Crippen molar-refractivity contribution in [1.82, 2.24) is 10.6 Å². The molecule has 2 unspecified atom stereocenters. The molecule has 268 valence electrons. The van der Waals surface area contributed by atoms with Crippen LogP contribution in [-0.4, -0.2) is 24.8 Å². The van der Waals surface area contributed by atoms with Crippen molar-refractivity contribution < 1.29 is 19.1 Å². The fourth-order valence-corrected chi connectivity index (χ4v) is 7.75. The van der Waals surface area contributed by atoms with Gasteiger partial charge in [-0.3, -0.25) is 0 Å². The number of unbranched alkanes of at least 4 members (excludes halogenated alkanes) is 12. The minimum atomic E-state index is -0.423. The molecule has 2 aromatic carbocycles. The lowest BCUT2D eigenvalue weighted by atomic mass is 9.62. The molecule has 0 spiro atoms. The molecule has 1 aliphatic rings. The largest absolute Gasteiger partial charge is 0.412 e. The van der Waals surface area contributed by atoms with Crippen LogP contribution in [-0.2, 0) is 12.8 Å². The summed E-state index contributed by atoms with van der Waals surface area (Å²) in [7, 11) is 0. The molecule has 1 fully saturated rings. The molecular weight excluding hydrogens is 596 g/mol. The van der Waals surface area contributed by atoms with E-state index in [1.807, 2.05) is 36.4 Å². The average Bonchev–Trinajstić information content (AvgIpc) is 3.03. The van der Waals surface area contributed by atoms with Gasteiger partial charge in [0.1, 0.15) is 11.5 Å². The van der Waals surface area contributed by atoms with Crippen LogP contribution < -0.4 is 20.1 Å². The average molecular weight is 663 g/mol. The van der Waals surface area contributed by atoms with E-state index in [1.165, 1.54) is 77.0 Å². The van der Waals surface area contributed by atoms with Crippen LogP contribution in [0, 0.1) is 10.8 Å². The monoisotopic (exact) mass is 663 g/mol. The molecule has 2 aromatic rings. The zero-order valence-electron chi connectivity index (χ0n) is 31.0. The summed E-state index contributed by atoms with van der Waals surface area (Å²) in [5.74, 6) is 1.29. The lowest BCUT2D eigenvalue weighted by Gasteiger charge is -2.46. The Morgan fingerprint density at radius 3 is 1.62 bits per heavy atom. The summed E-state index contributed by atoms with van der Waals surface area (Å²) in [6.45, 7) is 11.6. The van der Waals surface area contributed by atoms with Crippen LogP contribution >= 0.6 is 0 Å². The standard InChI is InChI=1S/C42H66N2O4/c1-6-8-10-12-14-16-18-24-34-26-20-22-28-37(34)47-39(45)43-33-42(5)31-36(30-41(3,4)32-42)44-40(46)48-38-29-23-21-27-35(38)25-19-17-15-13-11-9-7-2/h20-23,26-29,36H,6-19,24-25,30-33H2,1-5H3,(H,43,45)(H,44,46). The first-order valence-corrected chi connectivity index (χ1v) is 19.2. The third-order valence-electron chi connectivity index (χ3n) is 9.87. The lowest BCUT2D eigenvalue weighted by Crippen LogP contribution is -2.51. The first-order chi connectivity index (χ1) is 23.1. The van der Waals surface area contributed by atoms with Gasteiger partial charge >= 0.3 is 12.2 Å². The van der Waals surface area contributed by atoms with Crippen molar-refractivity contribution in [2.45, 2.75) is 163 Å². The minimum absolute atomic E-state index is 0.00525. The van der Waals surface area contributed by atoms with Crippen molar-refractivity contribution in [3.63, 3.8) is 0 Å². The van der Waals surface area contributed by atoms with Crippen LogP contribution in [0.4, 0.5) is 9.59 Å². The number of para-hydroxylation sites is 2. The Bertz CT molecular complexity index is 1230. The Hall–Kier alpha value is -3.02. The molecule has 0 saturated heterocycles. The summed E-state index contributed by atoms with van der Waals surface area (Å²) in [5.41, 5.74) is 1.96. The van der Waals surface area contributed by atoms with Gasteiger partial charge in [0.25, 0.3) is 0 Å².